The minimum absolute atomic E-state index is 0.706. The molecule has 1 aromatic rings. The van der Waals surface area contributed by atoms with Gasteiger partial charge in [-0.15, -0.1) is 0 Å². The first-order chi connectivity index (χ1) is 7.38. The van der Waals surface area contributed by atoms with E-state index in [4.69, 9.17) is 4.74 Å². The van der Waals surface area contributed by atoms with Gasteiger partial charge < -0.3 is 14.6 Å². The average molecular weight is 229 g/mol. The molecule has 5 heteroatoms. The third-order valence-corrected chi connectivity index (χ3v) is 2.75. The molecule has 0 aliphatic heterocycles. The van der Waals surface area contributed by atoms with E-state index in [1.165, 1.54) is 12.2 Å². The van der Waals surface area contributed by atoms with E-state index < -0.39 is 0 Å². The molecule has 1 rings (SSSR count). The molecule has 0 amide bonds. The van der Waals surface area contributed by atoms with Crippen molar-refractivity contribution in [2.75, 3.05) is 37.6 Å². The number of aryl methyl sites for hydroxylation is 1. The highest BCUT2D eigenvalue weighted by Gasteiger charge is 2.00. The molecule has 1 aromatic heterocycles. The lowest BCUT2D eigenvalue weighted by Gasteiger charge is -2.08. The Morgan fingerprint density at radius 2 is 2.47 bits per heavy atom. The maximum absolute atomic E-state index is 4.98. The van der Waals surface area contributed by atoms with E-state index in [-0.39, 0.29) is 0 Å². The van der Waals surface area contributed by atoms with Crippen molar-refractivity contribution in [3.8, 4) is 0 Å². The first-order valence-corrected chi connectivity index (χ1v) is 6.50. The Kier molecular flexibility index (Phi) is 6.27. The lowest BCUT2D eigenvalue weighted by molar-refractivity contribution is 0.210. The van der Waals surface area contributed by atoms with Crippen LogP contribution < -0.4 is 5.32 Å². The molecule has 0 fully saturated rings. The fraction of sp³-hybridized carbons (Fsp3) is 0.700. The molecular formula is C10H19N3OS. The van der Waals surface area contributed by atoms with Gasteiger partial charge in [0.2, 0.25) is 5.95 Å². The highest BCUT2D eigenvalue weighted by Crippen LogP contribution is 2.06. The standard InChI is InChI=1S/C10H19N3OS/c1-14-8-5-12-10-11-4-7-13(10)6-3-9-15-2/h4,7H,3,5-6,8-9H2,1-2H3,(H,11,12). The summed E-state index contributed by atoms with van der Waals surface area (Å²) in [6, 6.07) is 0. The van der Waals surface area contributed by atoms with E-state index in [0.717, 1.165) is 19.0 Å². The lowest BCUT2D eigenvalue weighted by atomic mass is 10.5. The molecule has 0 spiro atoms. The van der Waals surface area contributed by atoms with Crippen molar-refractivity contribution in [2.45, 2.75) is 13.0 Å². The molecule has 0 aromatic carbocycles. The molecule has 0 saturated heterocycles. The number of ether oxygens (including phenoxy) is 1. The Morgan fingerprint density at radius 1 is 1.60 bits per heavy atom. The van der Waals surface area contributed by atoms with Crippen LogP contribution in [0.15, 0.2) is 12.4 Å². The summed E-state index contributed by atoms with van der Waals surface area (Å²) in [5, 5.41) is 3.24. The average Bonchev–Trinajstić information content (AvgIpc) is 2.67. The number of aromatic nitrogens is 2. The number of thioether (sulfide) groups is 1. The summed E-state index contributed by atoms with van der Waals surface area (Å²) in [7, 11) is 1.70. The fourth-order valence-corrected chi connectivity index (χ4v) is 1.72. The van der Waals surface area contributed by atoms with Gasteiger partial charge in [0.15, 0.2) is 0 Å². The topological polar surface area (TPSA) is 39.1 Å². The molecule has 15 heavy (non-hydrogen) atoms. The van der Waals surface area contributed by atoms with Gasteiger partial charge in [-0.05, 0) is 18.4 Å². The van der Waals surface area contributed by atoms with Gasteiger partial charge in [-0.2, -0.15) is 11.8 Å². The van der Waals surface area contributed by atoms with Crippen LogP contribution in [0.2, 0.25) is 0 Å². The van der Waals surface area contributed by atoms with Crippen molar-refractivity contribution in [1.82, 2.24) is 9.55 Å². The number of imidazole rings is 1. The van der Waals surface area contributed by atoms with Gasteiger partial charge in [0.05, 0.1) is 6.61 Å². The van der Waals surface area contributed by atoms with E-state index in [9.17, 15) is 0 Å². The molecular weight excluding hydrogens is 210 g/mol. The van der Waals surface area contributed by atoms with E-state index >= 15 is 0 Å². The predicted molar refractivity (Wildman–Crippen MR) is 65.6 cm³/mol. The highest BCUT2D eigenvalue weighted by molar-refractivity contribution is 7.98. The molecule has 1 N–H and O–H groups in total. The Balaban J connectivity index is 2.32. The highest BCUT2D eigenvalue weighted by atomic mass is 32.2. The smallest absolute Gasteiger partial charge is 0.202 e. The van der Waals surface area contributed by atoms with Crippen LogP contribution in [0.3, 0.4) is 0 Å². The zero-order valence-electron chi connectivity index (χ0n) is 9.40. The van der Waals surface area contributed by atoms with Crippen LogP contribution in [0, 0.1) is 0 Å². The van der Waals surface area contributed by atoms with E-state index in [2.05, 4.69) is 21.1 Å². The summed E-state index contributed by atoms with van der Waals surface area (Å²) in [4.78, 5) is 4.26. The maximum atomic E-state index is 4.98. The summed E-state index contributed by atoms with van der Waals surface area (Å²) in [6.45, 7) is 2.53. The van der Waals surface area contributed by atoms with Crippen LogP contribution in [-0.4, -0.2) is 41.8 Å². The van der Waals surface area contributed by atoms with Crippen LogP contribution in [0.25, 0.3) is 0 Å². The van der Waals surface area contributed by atoms with Crippen molar-refractivity contribution in [3.05, 3.63) is 12.4 Å². The summed E-state index contributed by atoms with van der Waals surface area (Å²) in [5.41, 5.74) is 0. The van der Waals surface area contributed by atoms with Gasteiger partial charge in [-0.1, -0.05) is 0 Å². The number of hydrogen-bond donors (Lipinski definition) is 1. The quantitative estimate of drug-likeness (QED) is 0.689. The minimum atomic E-state index is 0.706. The van der Waals surface area contributed by atoms with E-state index in [1.807, 2.05) is 24.2 Å². The molecule has 0 aliphatic rings. The zero-order valence-corrected chi connectivity index (χ0v) is 10.2. The van der Waals surface area contributed by atoms with Crippen LogP contribution >= 0.6 is 11.8 Å². The Hall–Kier alpha value is -0.680. The van der Waals surface area contributed by atoms with Crippen molar-refractivity contribution >= 4 is 17.7 Å². The van der Waals surface area contributed by atoms with Gasteiger partial charge in [0.1, 0.15) is 0 Å². The normalized spacial score (nSPS) is 10.5. The van der Waals surface area contributed by atoms with E-state index in [1.54, 1.807) is 7.11 Å². The number of hydrogen-bond acceptors (Lipinski definition) is 4. The third-order valence-electron chi connectivity index (χ3n) is 2.05. The second-order valence-electron chi connectivity index (χ2n) is 3.21. The largest absolute Gasteiger partial charge is 0.383 e. The van der Waals surface area contributed by atoms with Crippen LogP contribution in [0.5, 0.6) is 0 Å². The number of rotatable bonds is 8. The summed E-state index contributed by atoms with van der Waals surface area (Å²) in [5.74, 6) is 2.13. The van der Waals surface area contributed by atoms with Crippen molar-refractivity contribution in [3.63, 3.8) is 0 Å². The Morgan fingerprint density at radius 3 is 3.20 bits per heavy atom. The molecule has 0 unspecified atom stereocenters. The lowest BCUT2D eigenvalue weighted by Crippen LogP contribution is -2.12. The molecule has 1 heterocycles. The van der Waals surface area contributed by atoms with E-state index in [0.29, 0.717) is 6.61 Å². The maximum Gasteiger partial charge on any atom is 0.202 e. The van der Waals surface area contributed by atoms with Gasteiger partial charge >= 0.3 is 0 Å². The SMILES string of the molecule is COCCNc1nccn1CCCSC. The van der Waals surface area contributed by atoms with Crippen LogP contribution in [0.1, 0.15) is 6.42 Å². The molecule has 86 valence electrons. The van der Waals surface area contributed by atoms with Crippen molar-refractivity contribution < 1.29 is 4.74 Å². The number of methoxy groups -OCH3 is 1. The van der Waals surface area contributed by atoms with Gasteiger partial charge in [-0.25, -0.2) is 4.98 Å². The predicted octanol–water partition coefficient (Wildman–Crippen LogP) is 1.69. The van der Waals surface area contributed by atoms with Crippen LogP contribution in [0.4, 0.5) is 5.95 Å². The zero-order chi connectivity index (χ0) is 10.9. The second kappa shape index (κ2) is 7.59. The third kappa shape index (κ3) is 4.57. The molecule has 0 aliphatic carbocycles. The van der Waals surface area contributed by atoms with Crippen molar-refractivity contribution in [1.29, 1.82) is 0 Å². The fourth-order valence-electron chi connectivity index (χ4n) is 1.30. The first-order valence-electron chi connectivity index (χ1n) is 5.11. The molecule has 0 saturated carbocycles. The van der Waals surface area contributed by atoms with Crippen molar-refractivity contribution in [2.24, 2.45) is 0 Å². The van der Waals surface area contributed by atoms with Gasteiger partial charge in [0.25, 0.3) is 0 Å². The number of anilines is 1. The Labute approximate surface area is 95.4 Å². The minimum Gasteiger partial charge on any atom is -0.383 e. The molecule has 0 atom stereocenters. The van der Waals surface area contributed by atoms with Gasteiger partial charge in [-0.3, -0.25) is 0 Å². The Bertz CT molecular complexity index is 240. The van der Waals surface area contributed by atoms with Crippen LogP contribution in [-0.2, 0) is 11.3 Å². The van der Waals surface area contributed by atoms with Gasteiger partial charge in [0, 0.05) is 32.6 Å². The monoisotopic (exact) mass is 229 g/mol. The first kappa shape index (κ1) is 12.4. The molecule has 0 radical (unpaired) electrons. The number of nitrogens with one attached hydrogen (secondary N) is 1. The number of nitrogens with zero attached hydrogens (tertiary/aromatic N) is 2. The summed E-state index contributed by atoms with van der Waals surface area (Å²) < 4.78 is 7.12. The summed E-state index contributed by atoms with van der Waals surface area (Å²) >= 11 is 1.88. The summed E-state index contributed by atoms with van der Waals surface area (Å²) in [6.07, 6.45) is 7.14. The molecule has 4 nitrogen and oxygen atoms in total. The molecule has 0 bridgehead atoms. The second-order valence-corrected chi connectivity index (χ2v) is 4.20.